The molecule has 1 atom stereocenters. The Kier molecular flexibility index (Phi) is 67.1. The quantitative estimate of drug-likeness (QED) is 0.0261. The molecule has 0 aromatic rings. The Morgan fingerprint density at radius 1 is 0.250 bits per heavy atom. The van der Waals surface area contributed by atoms with Gasteiger partial charge in [-0.1, -0.05) is 346 Å². The van der Waals surface area contributed by atoms with Crippen LogP contribution in [0, 0.1) is 0 Å². The molecule has 0 aliphatic heterocycles. The normalized spacial score (nSPS) is 12.2. The second kappa shape index (κ2) is 69.1. The molecule has 6 heteroatoms. The number of unbranched alkanes of at least 4 members (excludes halogenated alkanes) is 50. The van der Waals surface area contributed by atoms with Gasteiger partial charge >= 0.3 is 17.9 Å². The molecule has 0 radical (unpaired) electrons. The summed E-state index contributed by atoms with van der Waals surface area (Å²) in [6.07, 6.45) is 86.3. The number of hydrogen-bond donors (Lipinski definition) is 0. The summed E-state index contributed by atoms with van der Waals surface area (Å²) in [7, 11) is 0. The third-order valence-electron chi connectivity index (χ3n) is 16.4. The Morgan fingerprint density at radius 2 is 0.463 bits per heavy atom. The van der Waals surface area contributed by atoms with Crippen molar-refractivity contribution in [3.63, 3.8) is 0 Å². The number of allylic oxidation sites excluding steroid dienone is 6. The van der Waals surface area contributed by atoms with Gasteiger partial charge < -0.3 is 14.2 Å². The molecule has 470 valence electrons. The Labute approximate surface area is 499 Å². The SMILES string of the molecule is CCCC/C=C\CCCCCCCC(=O)OCC(COC(=O)CCCCCCCCCCCCCCCCCCCCCCCCCCCCCCCCCC)OC(=O)CCCCCCCCCCC/C=C\C/C=C\CCCCC. The third kappa shape index (κ3) is 66.4. The van der Waals surface area contributed by atoms with Crippen LogP contribution < -0.4 is 0 Å². The van der Waals surface area contributed by atoms with Crippen molar-refractivity contribution in [1.29, 1.82) is 0 Å². The van der Waals surface area contributed by atoms with Crippen LogP contribution in [0.4, 0.5) is 0 Å². The number of carbonyl (C=O) groups is 3. The smallest absolute Gasteiger partial charge is 0.306 e. The van der Waals surface area contributed by atoms with E-state index in [1.165, 1.54) is 289 Å². The highest BCUT2D eigenvalue weighted by molar-refractivity contribution is 5.71. The van der Waals surface area contributed by atoms with Crippen molar-refractivity contribution in [3.8, 4) is 0 Å². The zero-order valence-electron chi connectivity index (χ0n) is 54.1. The molecular weight excluding hydrogens is 985 g/mol. The van der Waals surface area contributed by atoms with Gasteiger partial charge in [0.15, 0.2) is 6.10 Å². The van der Waals surface area contributed by atoms with Gasteiger partial charge in [-0.2, -0.15) is 0 Å². The summed E-state index contributed by atoms with van der Waals surface area (Å²) in [5.74, 6) is -0.862. The molecule has 6 nitrogen and oxygen atoms in total. The Morgan fingerprint density at radius 3 is 0.762 bits per heavy atom. The molecule has 0 amide bonds. The zero-order chi connectivity index (χ0) is 57.8. The standard InChI is InChI=1S/C74H138O6/c1-4-7-10-13-16-19-22-24-26-28-30-31-32-33-34-35-36-37-38-39-40-41-42-44-45-47-49-52-55-58-61-64-67-73(76)79-70-71(69-78-72(75)66-63-60-57-54-51-21-18-15-12-9-6-3)80-74(77)68-65-62-59-56-53-50-48-46-43-29-27-25-23-20-17-14-11-8-5-2/h15,17-18,20,25,27,71H,4-14,16,19,21-24,26,28-70H2,1-3H3/b18-15-,20-17-,27-25-. The van der Waals surface area contributed by atoms with Crippen molar-refractivity contribution in [2.45, 2.75) is 406 Å². The fourth-order valence-electron chi connectivity index (χ4n) is 10.9. The summed E-state index contributed by atoms with van der Waals surface area (Å²) in [5, 5.41) is 0. The summed E-state index contributed by atoms with van der Waals surface area (Å²) in [4.78, 5) is 38.3. The fourth-order valence-corrected chi connectivity index (χ4v) is 10.9. The van der Waals surface area contributed by atoms with E-state index < -0.39 is 6.10 Å². The molecule has 0 heterocycles. The van der Waals surface area contributed by atoms with Crippen molar-refractivity contribution in [1.82, 2.24) is 0 Å². The molecule has 0 N–H and O–H groups in total. The highest BCUT2D eigenvalue weighted by Gasteiger charge is 2.19. The van der Waals surface area contributed by atoms with Crippen molar-refractivity contribution in [2.75, 3.05) is 13.2 Å². The van der Waals surface area contributed by atoms with E-state index in [9.17, 15) is 14.4 Å². The minimum absolute atomic E-state index is 0.0722. The lowest BCUT2D eigenvalue weighted by Gasteiger charge is -2.18. The molecule has 0 rings (SSSR count). The number of carbonyl (C=O) groups excluding carboxylic acids is 3. The highest BCUT2D eigenvalue weighted by atomic mass is 16.6. The lowest BCUT2D eigenvalue weighted by Crippen LogP contribution is -2.30. The molecule has 0 saturated heterocycles. The predicted octanol–water partition coefficient (Wildman–Crippen LogP) is 24.7. The van der Waals surface area contributed by atoms with Gasteiger partial charge in [-0.15, -0.1) is 0 Å². The maximum absolute atomic E-state index is 12.9. The van der Waals surface area contributed by atoms with Gasteiger partial charge in [0.05, 0.1) is 0 Å². The largest absolute Gasteiger partial charge is 0.462 e. The minimum atomic E-state index is -0.776. The van der Waals surface area contributed by atoms with Crippen LogP contribution in [0.2, 0.25) is 0 Å². The fraction of sp³-hybridized carbons (Fsp3) is 0.878. The molecule has 0 fully saturated rings. The number of ether oxygens (including phenoxy) is 3. The van der Waals surface area contributed by atoms with E-state index in [0.29, 0.717) is 19.3 Å². The molecule has 0 saturated carbocycles. The third-order valence-corrected chi connectivity index (χ3v) is 16.4. The van der Waals surface area contributed by atoms with Gasteiger partial charge in [0.25, 0.3) is 0 Å². The van der Waals surface area contributed by atoms with Crippen LogP contribution in [-0.2, 0) is 28.6 Å². The lowest BCUT2D eigenvalue weighted by molar-refractivity contribution is -0.167. The molecule has 80 heavy (non-hydrogen) atoms. The zero-order valence-corrected chi connectivity index (χ0v) is 54.1. The lowest BCUT2D eigenvalue weighted by atomic mass is 10.0. The topological polar surface area (TPSA) is 78.9 Å². The van der Waals surface area contributed by atoms with Gasteiger partial charge in [0.2, 0.25) is 0 Å². The molecule has 1 unspecified atom stereocenters. The van der Waals surface area contributed by atoms with Crippen LogP contribution in [-0.4, -0.2) is 37.2 Å². The summed E-state index contributed by atoms with van der Waals surface area (Å²) in [6.45, 7) is 6.63. The predicted molar refractivity (Wildman–Crippen MR) is 349 cm³/mol. The molecule has 0 aliphatic rings. The first-order valence-electron chi connectivity index (χ1n) is 36.0. The molecule has 0 aliphatic carbocycles. The van der Waals surface area contributed by atoms with E-state index in [-0.39, 0.29) is 31.1 Å². The van der Waals surface area contributed by atoms with Crippen LogP contribution in [0.1, 0.15) is 400 Å². The maximum atomic E-state index is 12.9. The Balaban J connectivity index is 4.08. The Hall–Kier alpha value is -2.37. The van der Waals surface area contributed by atoms with E-state index in [1.54, 1.807) is 0 Å². The van der Waals surface area contributed by atoms with Crippen LogP contribution in [0.15, 0.2) is 36.5 Å². The average molecular weight is 1120 g/mol. The van der Waals surface area contributed by atoms with E-state index in [4.69, 9.17) is 14.2 Å². The summed E-state index contributed by atoms with van der Waals surface area (Å²) < 4.78 is 16.9. The van der Waals surface area contributed by atoms with Crippen LogP contribution in [0.5, 0.6) is 0 Å². The van der Waals surface area contributed by atoms with Gasteiger partial charge in [-0.3, -0.25) is 14.4 Å². The summed E-state index contributed by atoms with van der Waals surface area (Å²) >= 11 is 0. The van der Waals surface area contributed by atoms with Crippen molar-refractivity contribution in [2.24, 2.45) is 0 Å². The van der Waals surface area contributed by atoms with Crippen LogP contribution >= 0.6 is 0 Å². The second-order valence-electron chi connectivity index (χ2n) is 24.5. The van der Waals surface area contributed by atoms with Crippen molar-refractivity contribution >= 4 is 17.9 Å². The monoisotopic (exact) mass is 1120 g/mol. The first-order valence-corrected chi connectivity index (χ1v) is 36.0. The van der Waals surface area contributed by atoms with Crippen molar-refractivity contribution in [3.05, 3.63) is 36.5 Å². The van der Waals surface area contributed by atoms with Gasteiger partial charge in [-0.25, -0.2) is 0 Å². The Bertz CT molecular complexity index is 1340. The minimum Gasteiger partial charge on any atom is -0.462 e. The second-order valence-corrected chi connectivity index (χ2v) is 24.5. The number of rotatable bonds is 67. The molecule has 0 bridgehead atoms. The van der Waals surface area contributed by atoms with Crippen LogP contribution in [0.25, 0.3) is 0 Å². The molecular formula is C74H138O6. The van der Waals surface area contributed by atoms with Gasteiger partial charge in [0.1, 0.15) is 13.2 Å². The van der Waals surface area contributed by atoms with E-state index in [1.807, 2.05) is 0 Å². The van der Waals surface area contributed by atoms with E-state index in [0.717, 1.165) is 70.6 Å². The first kappa shape index (κ1) is 77.6. The number of esters is 3. The maximum Gasteiger partial charge on any atom is 0.306 e. The first-order chi connectivity index (χ1) is 39.5. The summed E-state index contributed by atoms with van der Waals surface area (Å²) in [5.41, 5.74) is 0. The molecule has 0 aromatic heterocycles. The number of hydrogen-bond acceptors (Lipinski definition) is 6. The van der Waals surface area contributed by atoms with E-state index >= 15 is 0 Å². The highest BCUT2D eigenvalue weighted by Crippen LogP contribution is 2.19. The van der Waals surface area contributed by atoms with Gasteiger partial charge in [0, 0.05) is 19.3 Å². The van der Waals surface area contributed by atoms with E-state index in [2.05, 4.69) is 57.2 Å². The van der Waals surface area contributed by atoms with Gasteiger partial charge in [-0.05, 0) is 70.6 Å². The average Bonchev–Trinajstić information content (AvgIpc) is 3.46. The van der Waals surface area contributed by atoms with Crippen LogP contribution in [0.3, 0.4) is 0 Å². The molecule has 0 spiro atoms. The van der Waals surface area contributed by atoms with Crippen molar-refractivity contribution < 1.29 is 28.6 Å². The molecule has 0 aromatic carbocycles. The summed E-state index contributed by atoms with van der Waals surface area (Å²) in [6, 6.07) is 0.